The molecule has 0 radical (unpaired) electrons. The zero-order chi connectivity index (χ0) is 42.7. The van der Waals surface area contributed by atoms with Gasteiger partial charge in [0, 0.05) is 82.2 Å². The number of primary amides is 1. The van der Waals surface area contributed by atoms with Crippen LogP contribution in [0.2, 0.25) is 5.02 Å². The molecule has 0 bridgehead atoms. The van der Waals surface area contributed by atoms with Crippen LogP contribution in [0, 0.1) is 11.6 Å². The Labute approximate surface area is 347 Å². The number of carbonyl (C=O) groups is 5. The van der Waals surface area contributed by atoms with Crippen molar-refractivity contribution >= 4 is 63.9 Å². The average molecular weight is 850 g/mol. The number of hydrogen-bond donors (Lipinski definition) is 4. The number of piperidine rings is 1. The van der Waals surface area contributed by atoms with E-state index in [1.54, 1.807) is 25.2 Å². The quantitative estimate of drug-likeness (QED) is 0.106. The van der Waals surface area contributed by atoms with Crippen molar-refractivity contribution in [2.75, 3.05) is 76.4 Å². The van der Waals surface area contributed by atoms with Crippen molar-refractivity contribution in [2.24, 2.45) is 5.73 Å². The van der Waals surface area contributed by atoms with Crippen molar-refractivity contribution < 1.29 is 47.3 Å². The van der Waals surface area contributed by atoms with Crippen LogP contribution < -0.4 is 26.0 Å². The number of urea groups is 1. The number of aromatic nitrogens is 2. The van der Waals surface area contributed by atoms with E-state index >= 15 is 4.39 Å². The Bertz CT molecular complexity index is 2340. The van der Waals surface area contributed by atoms with Crippen LogP contribution in [-0.4, -0.2) is 132 Å². The molecule has 6 amide bonds. The van der Waals surface area contributed by atoms with Gasteiger partial charge >= 0.3 is 6.03 Å². The number of nitrogens with one attached hydrogen (secondary N) is 2. The molecule has 7 rings (SSSR count). The summed E-state index contributed by atoms with van der Waals surface area (Å²) >= 11 is 6.53. The van der Waals surface area contributed by atoms with Gasteiger partial charge in [0.1, 0.15) is 41.3 Å². The Kier molecular flexibility index (Phi) is 12.5. The van der Waals surface area contributed by atoms with Crippen LogP contribution in [0.1, 0.15) is 35.2 Å². The van der Waals surface area contributed by atoms with E-state index in [0.717, 1.165) is 11.6 Å². The Hall–Kier alpha value is -6.34. The predicted octanol–water partition coefficient (Wildman–Crippen LogP) is 3.25. The number of rotatable bonds is 14. The Balaban J connectivity index is 0.918. The number of imide groups is 1. The van der Waals surface area contributed by atoms with Gasteiger partial charge in [0.15, 0.2) is 5.82 Å². The summed E-state index contributed by atoms with van der Waals surface area (Å²) in [6, 6.07) is 8.77. The fraction of sp³-hybridized carbons (Fsp3) is 0.375. The lowest BCUT2D eigenvalue weighted by Crippen LogP contribution is -2.52. The number of phenols is 1. The summed E-state index contributed by atoms with van der Waals surface area (Å²) in [4.78, 5) is 76.8. The molecule has 17 nitrogen and oxygen atoms in total. The van der Waals surface area contributed by atoms with E-state index in [1.165, 1.54) is 32.9 Å². The molecule has 3 aliphatic heterocycles. The van der Waals surface area contributed by atoms with Crippen molar-refractivity contribution in [3.8, 4) is 22.6 Å². The van der Waals surface area contributed by atoms with E-state index in [9.17, 15) is 33.5 Å². The molecule has 0 saturated carbocycles. The van der Waals surface area contributed by atoms with E-state index < -0.39 is 40.9 Å². The number of carbonyl (C=O) groups excluding carboxylic acids is 5. The normalized spacial score (nSPS) is 16.6. The predicted molar refractivity (Wildman–Crippen MR) is 214 cm³/mol. The van der Waals surface area contributed by atoms with Crippen molar-refractivity contribution in [1.82, 2.24) is 30.0 Å². The lowest BCUT2D eigenvalue weighted by Gasteiger charge is -2.35. The van der Waals surface area contributed by atoms with Gasteiger partial charge in [-0.2, -0.15) is 4.98 Å². The second-order valence-corrected chi connectivity index (χ2v) is 14.8. The number of fused-ring (bicyclic) bond motifs is 2. The maximum Gasteiger partial charge on any atom is 0.314 e. The second kappa shape index (κ2) is 17.9. The monoisotopic (exact) mass is 849 g/mol. The molecular formula is C40H42ClF2N9O8. The van der Waals surface area contributed by atoms with Crippen LogP contribution in [-0.2, 0) is 25.7 Å². The number of nitrogens with two attached hydrogens (primary N) is 1. The summed E-state index contributed by atoms with van der Waals surface area (Å²) < 4.78 is 42.8. The molecule has 1 atom stereocenters. The molecule has 316 valence electrons. The third kappa shape index (κ3) is 8.81. The van der Waals surface area contributed by atoms with E-state index in [1.807, 2.05) is 4.90 Å². The number of likely N-dealkylation sites (N-methyl/N-ethyl adjacent to an activating group) is 1. The lowest BCUT2D eigenvalue weighted by atomic mass is 10.0. The molecule has 60 heavy (non-hydrogen) atoms. The molecule has 1 unspecified atom stereocenters. The van der Waals surface area contributed by atoms with Gasteiger partial charge in [-0.3, -0.25) is 24.5 Å². The van der Waals surface area contributed by atoms with Crippen LogP contribution in [0.3, 0.4) is 0 Å². The summed E-state index contributed by atoms with van der Waals surface area (Å²) in [7, 11) is 1.63. The van der Waals surface area contributed by atoms with Gasteiger partial charge in [0.05, 0.1) is 23.8 Å². The fourth-order valence-corrected chi connectivity index (χ4v) is 7.67. The van der Waals surface area contributed by atoms with E-state index in [2.05, 4.69) is 20.6 Å². The molecule has 2 fully saturated rings. The number of piperazine rings is 1. The first-order chi connectivity index (χ1) is 28.8. The number of halogens is 3. The molecule has 0 spiro atoms. The van der Waals surface area contributed by atoms with Gasteiger partial charge in [0.2, 0.25) is 23.7 Å². The minimum atomic E-state index is -0.983. The third-order valence-corrected chi connectivity index (χ3v) is 10.9. The maximum atomic E-state index is 16.4. The summed E-state index contributed by atoms with van der Waals surface area (Å²) in [5.74, 6) is -2.88. The number of phenolic OH excluding ortho intramolecular Hbond substituents is 1. The second-order valence-electron chi connectivity index (χ2n) is 14.4. The number of nitrogens with zero attached hydrogens (tertiary/aromatic N) is 6. The van der Waals surface area contributed by atoms with E-state index in [-0.39, 0.29) is 117 Å². The van der Waals surface area contributed by atoms with Crippen LogP contribution in [0.5, 0.6) is 11.5 Å². The molecule has 2 saturated heterocycles. The van der Waals surface area contributed by atoms with Gasteiger partial charge in [-0.1, -0.05) is 17.7 Å². The first-order valence-corrected chi connectivity index (χ1v) is 19.6. The van der Waals surface area contributed by atoms with Gasteiger partial charge in [-0.25, -0.2) is 18.6 Å². The van der Waals surface area contributed by atoms with Crippen LogP contribution in [0.4, 0.5) is 25.3 Å². The standard InChI is InChI=1S/C40H42ClF2N9O8/c1-49(15-16-59-17-18-60-23-5-6-24-22(19-23)21-52(38(24)57)28-7-8-30(54)46-37(28)56)31(55)9-10-45-40-47-35-25(36(48-40)50-11-13-51(14-12-50)39(44)58)20-26(41)32(34(35)43)33-27(42)3-2-4-29(33)53/h2-6,19-20,28,53H,7-18,21H2,1H3,(H2,44,58)(H,45,47,48)(H,46,54,56). The summed E-state index contributed by atoms with van der Waals surface area (Å²) in [5.41, 5.74) is 5.67. The highest BCUT2D eigenvalue weighted by atomic mass is 35.5. The number of aromatic hydroxyl groups is 1. The van der Waals surface area contributed by atoms with E-state index in [4.69, 9.17) is 26.8 Å². The van der Waals surface area contributed by atoms with Crippen LogP contribution >= 0.6 is 11.6 Å². The minimum absolute atomic E-state index is 0.0137. The first-order valence-electron chi connectivity index (χ1n) is 19.2. The Morgan fingerprint density at radius 1 is 1.05 bits per heavy atom. The highest BCUT2D eigenvalue weighted by molar-refractivity contribution is 6.34. The highest BCUT2D eigenvalue weighted by Crippen LogP contribution is 2.42. The minimum Gasteiger partial charge on any atom is -0.507 e. The molecule has 20 heteroatoms. The molecule has 3 aromatic carbocycles. The topological polar surface area (TPSA) is 213 Å². The largest absolute Gasteiger partial charge is 0.507 e. The number of benzene rings is 3. The molecule has 5 N–H and O–H groups in total. The summed E-state index contributed by atoms with van der Waals surface area (Å²) in [5, 5.41) is 15.8. The van der Waals surface area contributed by atoms with Gasteiger partial charge in [-0.05, 0) is 48.4 Å². The summed E-state index contributed by atoms with van der Waals surface area (Å²) in [6.45, 7) is 2.42. The molecule has 4 heterocycles. The van der Waals surface area contributed by atoms with Crippen molar-refractivity contribution in [3.05, 3.63) is 70.2 Å². The Morgan fingerprint density at radius 3 is 2.57 bits per heavy atom. The molecule has 0 aliphatic carbocycles. The Morgan fingerprint density at radius 2 is 1.83 bits per heavy atom. The van der Waals surface area contributed by atoms with Gasteiger partial charge in [-0.15, -0.1) is 0 Å². The summed E-state index contributed by atoms with van der Waals surface area (Å²) in [6.07, 6.45) is 0.470. The van der Waals surface area contributed by atoms with Gasteiger partial charge < -0.3 is 45.2 Å². The zero-order valence-electron chi connectivity index (χ0n) is 32.5. The molecular weight excluding hydrogens is 808 g/mol. The highest BCUT2D eigenvalue weighted by Gasteiger charge is 2.39. The van der Waals surface area contributed by atoms with Crippen LogP contribution in [0.15, 0.2) is 42.5 Å². The number of amides is 6. The molecule has 3 aliphatic rings. The van der Waals surface area contributed by atoms with E-state index in [0.29, 0.717) is 30.2 Å². The number of ether oxygens (including phenoxy) is 2. The third-order valence-electron chi connectivity index (χ3n) is 10.6. The number of anilines is 2. The lowest BCUT2D eigenvalue weighted by molar-refractivity contribution is -0.137. The van der Waals surface area contributed by atoms with Crippen molar-refractivity contribution in [3.63, 3.8) is 0 Å². The van der Waals surface area contributed by atoms with Crippen molar-refractivity contribution in [1.29, 1.82) is 0 Å². The van der Waals surface area contributed by atoms with Crippen molar-refractivity contribution in [2.45, 2.75) is 31.8 Å². The smallest absolute Gasteiger partial charge is 0.314 e. The first kappa shape index (κ1) is 41.8. The fourth-order valence-electron chi connectivity index (χ4n) is 7.39. The maximum absolute atomic E-state index is 16.4. The SMILES string of the molecule is CN(CCOCCOc1ccc2c(c1)CN(C1CCC(=O)NC1=O)C2=O)C(=O)CCNc1nc(N2CCN(C(N)=O)CC2)c2cc(Cl)c(-c3c(O)cccc3F)c(F)c2n1. The van der Waals surface area contributed by atoms with Gasteiger partial charge in [0.25, 0.3) is 5.91 Å². The zero-order valence-corrected chi connectivity index (χ0v) is 33.3. The average Bonchev–Trinajstić information content (AvgIpc) is 3.54. The van der Waals surface area contributed by atoms with Crippen LogP contribution in [0.25, 0.3) is 22.0 Å². The molecule has 4 aromatic rings. The molecule has 1 aromatic heterocycles. The number of hydrogen-bond acceptors (Lipinski definition) is 12.